The smallest absolute Gasteiger partial charge is 0.296 e. The molecule has 35 heavy (non-hydrogen) atoms. The number of aryl methyl sites for hydroxylation is 1. The molecule has 0 bridgehead atoms. The first-order valence-corrected chi connectivity index (χ1v) is 13.1. The second-order valence-electron chi connectivity index (χ2n) is 8.75. The maximum atomic E-state index is 12.7. The van der Waals surface area contributed by atoms with E-state index in [2.05, 4.69) is 36.4 Å². The van der Waals surface area contributed by atoms with Crippen LogP contribution in [0.15, 0.2) is 120 Å². The van der Waals surface area contributed by atoms with E-state index in [0.717, 1.165) is 22.3 Å². The normalized spacial score (nSPS) is 12.9. The van der Waals surface area contributed by atoms with Crippen molar-refractivity contribution in [3.05, 3.63) is 138 Å². The van der Waals surface area contributed by atoms with Crippen LogP contribution in [0.3, 0.4) is 0 Å². The van der Waals surface area contributed by atoms with Crippen molar-refractivity contribution < 1.29 is 17.3 Å². The molecule has 0 amide bonds. The van der Waals surface area contributed by atoms with Crippen LogP contribution in [0.5, 0.6) is 0 Å². The van der Waals surface area contributed by atoms with Crippen LogP contribution < -0.4 is 0 Å². The molecule has 180 valence electrons. The molecule has 0 aromatic heterocycles. The Morgan fingerprint density at radius 3 is 1.51 bits per heavy atom. The zero-order valence-corrected chi connectivity index (χ0v) is 20.8. The molecule has 0 saturated carbocycles. The van der Waals surface area contributed by atoms with Crippen molar-refractivity contribution >= 4 is 10.1 Å². The lowest BCUT2D eigenvalue weighted by Gasteiger charge is -2.36. The van der Waals surface area contributed by atoms with Gasteiger partial charge in [-0.2, -0.15) is 8.42 Å². The molecule has 0 heterocycles. The summed E-state index contributed by atoms with van der Waals surface area (Å²) in [6.07, 6.45) is 0. The van der Waals surface area contributed by atoms with Gasteiger partial charge in [-0.05, 0) is 35.7 Å². The van der Waals surface area contributed by atoms with Gasteiger partial charge in [-0.3, -0.25) is 4.18 Å². The summed E-state index contributed by atoms with van der Waals surface area (Å²) in [6, 6.07) is 37.0. The lowest BCUT2D eigenvalue weighted by Crippen LogP contribution is -2.35. The van der Waals surface area contributed by atoms with Crippen molar-refractivity contribution in [2.45, 2.75) is 24.3 Å². The Kier molecular flexibility index (Phi) is 7.81. The van der Waals surface area contributed by atoms with Gasteiger partial charge in [0.2, 0.25) is 0 Å². The first-order valence-electron chi connectivity index (χ1n) is 11.7. The van der Waals surface area contributed by atoms with E-state index in [4.69, 9.17) is 8.92 Å². The molecule has 0 aliphatic carbocycles. The van der Waals surface area contributed by atoms with Crippen LogP contribution in [-0.2, 0) is 24.6 Å². The number of benzene rings is 4. The molecule has 4 rings (SSSR count). The minimum absolute atomic E-state index is 0.0185. The average molecular weight is 487 g/mol. The van der Waals surface area contributed by atoms with Crippen LogP contribution in [-0.4, -0.2) is 21.6 Å². The van der Waals surface area contributed by atoms with E-state index in [-0.39, 0.29) is 17.4 Å². The van der Waals surface area contributed by atoms with Gasteiger partial charge in [-0.25, -0.2) is 0 Å². The van der Waals surface area contributed by atoms with Crippen LogP contribution in [0.2, 0.25) is 0 Å². The first-order chi connectivity index (χ1) is 16.9. The maximum Gasteiger partial charge on any atom is 0.296 e. The number of hydrogen-bond donors (Lipinski definition) is 0. The monoisotopic (exact) mass is 486 g/mol. The summed E-state index contributed by atoms with van der Waals surface area (Å²) < 4.78 is 37.5. The fraction of sp³-hybridized carbons (Fsp3) is 0.200. The second-order valence-corrected chi connectivity index (χ2v) is 10.4. The minimum Gasteiger partial charge on any atom is -0.360 e. The van der Waals surface area contributed by atoms with E-state index in [1.54, 1.807) is 24.3 Å². The van der Waals surface area contributed by atoms with E-state index < -0.39 is 15.7 Å². The third kappa shape index (κ3) is 5.70. The third-order valence-corrected chi connectivity index (χ3v) is 7.24. The van der Waals surface area contributed by atoms with Crippen molar-refractivity contribution in [1.82, 2.24) is 0 Å². The van der Waals surface area contributed by atoms with Crippen molar-refractivity contribution in [1.29, 1.82) is 0 Å². The number of hydrogen-bond acceptors (Lipinski definition) is 4. The van der Waals surface area contributed by atoms with Gasteiger partial charge in [0.15, 0.2) is 0 Å². The molecule has 0 N–H and O–H groups in total. The minimum atomic E-state index is -3.84. The molecule has 0 aliphatic rings. The Morgan fingerprint density at radius 1 is 0.657 bits per heavy atom. The second kappa shape index (κ2) is 11.0. The molecule has 0 saturated heterocycles. The SMILES string of the molecule is Cc1ccc(S(=O)(=O)OC[C@@H](C)COC(c2ccccc2)(c2ccccc2)c2ccccc2)cc1. The molecule has 0 unspecified atom stereocenters. The Balaban J connectivity index is 1.60. The summed E-state index contributed by atoms with van der Waals surface area (Å²) in [4.78, 5) is 0.156. The van der Waals surface area contributed by atoms with Gasteiger partial charge in [-0.15, -0.1) is 0 Å². The molecule has 0 radical (unpaired) electrons. The van der Waals surface area contributed by atoms with Crippen molar-refractivity contribution in [2.75, 3.05) is 13.2 Å². The Hall–Kier alpha value is -3.25. The first kappa shape index (κ1) is 24.9. The van der Waals surface area contributed by atoms with Gasteiger partial charge in [0, 0.05) is 5.92 Å². The van der Waals surface area contributed by atoms with Crippen LogP contribution >= 0.6 is 0 Å². The zero-order valence-electron chi connectivity index (χ0n) is 20.0. The quantitative estimate of drug-likeness (QED) is 0.194. The van der Waals surface area contributed by atoms with Gasteiger partial charge in [-0.1, -0.05) is 116 Å². The average Bonchev–Trinajstić information content (AvgIpc) is 2.90. The van der Waals surface area contributed by atoms with Gasteiger partial charge in [0.05, 0.1) is 18.1 Å². The Labute approximate surface area is 208 Å². The van der Waals surface area contributed by atoms with E-state index in [1.807, 2.05) is 68.4 Å². The zero-order chi connectivity index (χ0) is 24.7. The van der Waals surface area contributed by atoms with Gasteiger partial charge in [0.25, 0.3) is 10.1 Å². The summed E-state index contributed by atoms with van der Waals surface area (Å²) in [5.74, 6) is -0.175. The lowest BCUT2D eigenvalue weighted by molar-refractivity contribution is -0.0122. The predicted molar refractivity (Wildman–Crippen MR) is 139 cm³/mol. The molecule has 4 nitrogen and oxygen atoms in total. The highest BCUT2D eigenvalue weighted by atomic mass is 32.2. The molecule has 4 aromatic rings. The largest absolute Gasteiger partial charge is 0.360 e. The summed E-state index contributed by atoms with van der Waals surface area (Å²) in [6.45, 7) is 4.15. The standard InChI is InChI=1S/C30H30O4S/c1-24-18-20-29(21-19-24)35(31,32)34-23-25(2)22-33-30(26-12-6-3-7-13-26,27-14-8-4-9-15-27)28-16-10-5-11-17-28/h3-21,25H,22-23H2,1-2H3/t25-/m0/s1. The highest BCUT2D eigenvalue weighted by Gasteiger charge is 2.37. The fourth-order valence-electron chi connectivity index (χ4n) is 4.06. The van der Waals surface area contributed by atoms with E-state index in [1.165, 1.54) is 0 Å². The van der Waals surface area contributed by atoms with Crippen LogP contribution in [0.1, 0.15) is 29.2 Å². The number of rotatable bonds is 10. The van der Waals surface area contributed by atoms with Gasteiger partial charge >= 0.3 is 0 Å². The van der Waals surface area contributed by atoms with Gasteiger partial charge < -0.3 is 4.74 Å². The summed E-state index contributed by atoms with van der Waals surface area (Å²) in [5, 5.41) is 0. The van der Waals surface area contributed by atoms with Crippen molar-refractivity contribution in [3.8, 4) is 0 Å². The molecule has 1 atom stereocenters. The molecular weight excluding hydrogens is 456 g/mol. The molecule has 0 fully saturated rings. The Morgan fingerprint density at radius 2 is 1.09 bits per heavy atom. The summed E-state index contributed by atoms with van der Waals surface area (Å²) in [5.41, 5.74) is 3.13. The molecule has 4 aromatic carbocycles. The summed E-state index contributed by atoms with van der Waals surface area (Å²) >= 11 is 0. The van der Waals surface area contributed by atoms with Crippen LogP contribution in [0.25, 0.3) is 0 Å². The molecule has 0 spiro atoms. The van der Waals surface area contributed by atoms with Crippen LogP contribution in [0, 0.1) is 12.8 Å². The molecular formula is C30H30O4S. The van der Waals surface area contributed by atoms with E-state index in [9.17, 15) is 8.42 Å². The van der Waals surface area contributed by atoms with E-state index in [0.29, 0.717) is 6.61 Å². The predicted octanol–water partition coefficient (Wildman–Crippen LogP) is 6.35. The molecule has 5 heteroatoms. The summed E-state index contributed by atoms with van der Waals surface area (Å²) in [7, 11) is -3.84. The fourth-order valence-corrected chi connectivity index (χ4v) is 5.08. The maximum absolute atomic E-state index is 12.7. The van der Waals surface area contributed by atoms with Gasteiger partial charge in [0.1, 0.15) is 5.60 Å². The third-order valence-electron chi connectivity index (χ3n) is 5.94. The highest BCUT2D eigenvalue weighted by molar-refractivity contribution is 7.86. The van der Waals surface area contributed by atoms with E-state index >= 15 is 0 Å². The topological polar surface area (TPSA) is 52.6 Å². The van der Waals surface area contributed by atoms with Crippen molar-refractivity contribution in [2.24, 2.45) is 5.92 Å². The Bertz CT molecular complexity index is 1210. The van der Waals surface area contributed by atoms with Crippen LogP contribution in [0.4, 0.5) is 0 Å². The number of ether oxygens (including phenoxy) is 1. The van der Waals surface area contributed by atoms with Crippen molar-refractivity contribution in [3.63, 3.8) is 0 Å². The highest BCUT2D eigenvalue weighted by Crippen LogP contribution is 2.40. The molecule has 0 aliphatic heterocycles. The lowest BCUT2D eigenvalue weighted by atomic mass is 9.80.